The molecule has 0 aromatic heterocycles. The predicted molar refractivity (Wildman–Crippen MR) is 188 cm³/mol. The fourth-order valence-electron chi connectivity index (χ4n) is 5.29. The Morgan fingerprint density at radius 1 is 0.776 bits per heavy atom. The monoisotopic (exact) mass is 709 g/mol. The van der Waals surface area contributed by atoms with Gasteiger partial charge in [0.2, 0.25) is 11.8 Å². The molecule has 0 saturated carbocycles. The smallest absolute Gasteiger partial charge is 0.265 e. The van der Waals surface area contributed by atoms with Gasteiger partial charge in [0, 0.05) is 30.6 Å². The third kappa shape index (κ3) is 8.95. The number of rotatable bonds is 16. The van der Waals surface area contributed by atoms with E-state index in [1.165, 1.54) is 63.7 Å². The molecule has 0 saturated heterocycles. The minimum Gasteiger partial charge on any atom is -0.497 e. The molecule has 2 amide bonds. The number of methoxy groups -OCH3 is 4. The normalized spacial score (nSPS) is 11.6. The first kappa shape index (κ1) is 36.9. The first-order valence-corrected chi connectivity index (χ1v) is 17.2. The number of nitrogens with one attached hydrogen (secondary N) is 1. The van der Waals surface area contributed by atoms with Gasteiger partial charge in [-0.2, -0.15) is 0 Å². The van der Waals surface area contributed by atoms with Crippen molar-refractivity contribution in [2.45, 2.75) is 30.8 Å². The first-order chi connectivity index (χ1) is 23.6. The van der Waals surface area contributed by atoms with Gasteiger partial charge in [-0.1, -0.05) is 54.1 Å². The van der Waals surface area contributed by atoms with Crippen molar-refractivity contribution in [2.24, 2.45) is 0 Å². The van der Waals surface area contributed by atoms with Crippen molar-refractivity contribution < 1.29 is 37.0 Å². The van der Waals surface area contributed by atoms with Gasteiger partial charge in [0.1, 0.15) is 24.1 Å². The average molecular weight is 710 g/mol. The number of halogens is 1. The van der Waals surface area contributed by atoms with Gasteiger partial charge in [-0.3, -0.25) is 13.9 Å². The molecule has 4 rings (SSSR count). The Morgan fingerprint density at radius 3 is 2.10 bits per heavy atom. The van der Waals surface area contributed by atoms with E-state index in [1.54, 1.807) is 37.3 Å². The second-order valence-electron chi connectivity index (χ2n) is 10.8. The van der Waals surface area contributed by atoms with E-state index in [4.69, 9.17) is 30.5 Å². The molecule has 49 heavy (non-hydrogen) atoms. The van der Waals surface area contributed by atoms with Crippen molar-refractivity contribution in [1.29, 1.82) is 0 Å². The van der Waals surface area contributed by atoms with E-state index in [0.29, 0.717) is 23.6 Å². The largest absolute Gasteiger partial charge is 0.497 e. The van der Waals surface area contributed by atoms with Crippen molar-refractivity contribution in [3.63, 3.8) is 0 Å². The number of benzene rings is 4. The van der Waals surface area contributed by atoms with E-state index < -0.39 is 34.4 Å². The summed E-state index contributed by atoms with van der Waals surface area (Å²) in [5.41, 5.74) is 1.51. The van der Waals surface area contributed by atoms with Crippen molar-refractivity contribution in [1.82, 2.24) is 10.2 Å². The maximum Gasteiger partial charge on any atom is 0.265 e. The lowest BCUT2D eigenvalue weighted by atomic mass is 10.0. The molecule has 4 aromatic rings. The molecule has 0 aliphatic carbocycles. The number of anilines is 1. The number of nitrogens with zero attached hydrogens (tertiary/aromatic N) is 2. The third-order valence-electron chi connectivity index (χ3n) is 7.74. The molecule has 0 aliphatic heterocycles. The van der Waals surface area contributed by atoms with Gasteiger partial charge >= 0.3 is 0 Å². The summed E-state index contributed by atoms with van der Waals surface area (Å²) in [4.78, 5) is 29.6. The van der Waals surface area contributed by atoms with Crippen molar-refractivity contribution >= 4 is 39.1 Å². The van der Waals surface area contributed by atoms with Gasteiger partial charge in [0.15, 0.2) is 11.5 Å². The van der Waals surface area contributed by atoms with Crippen molar-refractivity contribution in [2.75, 3.05) is 45.8 Å². The van der Waals surface area contributed by atoms with E-state index in [0.717, 1.165) is 9.87 Å². The van der Waals surface area contributed by atoms with Gasteiger partial charge < -0.3 is 29.2 Å². The second kappa shape index (κ2) is 16.9. The number of likely N-dealkylation sites (N-methyl/N-ethyl adjacent to an activating group) is 1. The summed E-state index contributed by atoms with van der Waals surface area (Å²) >= 11 is 6.38. The fraction of sp³-hybridized carbons (Fsp3) is 0.278. The molecule has 11 nitrogen and oxygen atoms in total. The molecule has 0 bridgehead atoms. The van der Waals surface area contributed by atoms with Gasteiger partial charge in [-0.15, -0.1) is 0 Å². The molecule has 0 unspecified atom stereocenters. The zero-order chi connectivity index (χ0) is 35.6. The highest BCUT2D eigenvalue weighted by Gasteiger charge is 2.36. The van der Waals surface area contributed by atoms with Crippen molar-refractivity contribution in [3.05, 3.63) is 107 Å². The van der Waals surface area contributed by atoms with Gasteiger partial charge in [-0.05, 0) is 60.5 Å². The topological polar surface area (TPSA) is 124 Å². The maximum atomic E-state index is 14.7. The summed E-state index contributed by atoms with van der Waals surface area (Å²) in [7, 11) is 1.24. The average Bonchev–Trinajstić information content (AvgIpc) is 3.12. The van der Waals surface area contributed by atoms with Crippen LogP contribution >= 0.6 is 11.6 Å². The standard InChI is InChI=1S/C36H40ClN3O8S/c1-6-38-36(42)31(20-25-11-8-7-9-12-25)39(23-26-13-10-14-28(19-26)45-2)35(41)24-40(30-21-27(37)15-17-32(30)46-3)49(43,44)29-16-18-33(47-4)34(22-29)48-5/h7-19,21-22,31H,6,20,23-24H2,1-5H3,(H,38,42)/t31-/m1/s1. The molecule has 0 radical (unpaired) electrons. The van der Waals surface area contributed by atoms with Crippen LogP contribution in [-0.4, -0.2) is 72.7 Å². The molecule has 0 aliphatic rings. The molecule has 1 atom stereocenters. The Balaban J connectivity index is 1.88. The fourth-order valence-corrected chi connectivity index (χ4v) is 6.89. The summed E-state index contributed by atoms with van der Waals surface area (Å²) in [6.07, 6.45) is 0.172. The number of amides is 2. The summed E-state index contributed by atoms with van der Waals surface area (Å²) in [5, 5.41) is 3.06. The van der Waals surface area contributed by atoms with Gasteiger partial charge in [-0.25, -0.2) is 8.42 Å². The summed E-state index contributed by atoms with van der Waals surface area (Å²) in [5.74, 6) is 0.165. The third-order valence-corrected chi connectivity index (χ3v) is 9.73. The van der Waals surface area contributed by atoms with E-state index >= 15 is 0 Å². The molecule has 0 heterocycles. The molecule has 1 N–H and O–H groups in total. The SMILES string of the molecule is CCNC(=O)[C@@H](Cc1ccccc1)N(Cc1cccc(OC)c1)C(=O)CN(c1cc(Cl)ccc1OC)S(=O)(=O)c1ccc(OC)c(OC)c1. The Kier molecular flexibility index (Phi) is 12.8. The lowest BCUT2D eigenvalue weighted by molar-refractivity contribution is -0.140. The highest BCUT2D eigenvalue weighted by Crippen LogP contribution is 2.37. The van der Waals surface area contributed by atoms with Crippen LogP contribution in [0.1, 0.15) is 18.1 Å². The number of sulfonamides is 1. The number of carbonyl (C=O) groups is 2. The second-order valence-corrected chi connectivity index (χ2v) is 13.1. The Bertz CT molecular complexity index is 1860. The zero-order valence-electron chi connectivity index (χ0n) is 28.0. The van der Waals surface area contributed by atoms with Crippen LogP contribution in [0, 0.1) is 0 Å². The van der Waals surface area contributed by atoms with E-state index in [1.807, 2.05) is 30.3 Å². The zero-order valence-corrected chi connectivity index (χ0v) is 29.6. The van der Waals surface area contributed by atoms with Crippen LogP contribution in [0.3, 0.4) is 0 Å². The Morgan fingerprint density at radius 2 is 1.45 bits per heavy atom. The van der Waals surface area contributed by atoms with E-state index in [-0.39, 0.29) is 40.1 Å². The molecular weight excluding hydrogens is 670 g/mol. The van der Waals surface area contributed by atoms with E-state index in [2.05, 4.69) is 5.32 Å². The molecule has 4 aromatic carbocycles. The van der Waals surface area contributed by atoms with Gasteiger partial charge in [0.25, 0.3) is 10.0 Å². The molecular formula is C36H40ClN3O8S. The number of ether oxygens (including phenoxy) is 4. The summed E-state index contributed by atoms with van der Waals surface area (Å²) in [6, 6.07) is 24.0. The maximum absolute atomic E-state index is 14.7. The van der Waals surface area contributed by atoms with Crippen LogP contribution in [0.15, 0.2) is 95.9 Å². The molecule has 0 fully saturated rings. The lowest BCUT2D eigenvalue weighted by Gasteiger charge is -2.34. The number of hydrogen-bond acceptors (Lipinski definition) is 8. The van der Waals surface area contributed by atoms with Crippen LogP contribution in [-0.2, 0) is 32.6 Å². The quantitative estimate of drug-likeness (QED) is 0.165. The predicted octanol–water partition coefficient (Wildman–Crippen LogP) is 5.35. The molecule has 260 valence electrons. The minimum absolute atomic E-state index is 0.0251. The van der Waals surface area contributed by atoms with Crippen LogP contribution in [0.2, 0.25) is 5.02 Å². The summed E-state index contributed by atoms with van der Waals surface area (Å²) < 4.78 is 51.7. The highest BCUT2D eigenvalue weighted by atomic mass is 35.5. The summed E-state index contributed by atoms with van der Waals surface area (Å²) in [6.45, 7) is 1.38. The number of carbonyl (C=O) groups excluding carboxylic acids is 2. The van der Waals surface area contributed by atoms with Crippen LogP contribution in [0.25, 0.3) is 0 Å². The Hall–Kier alpha value is -4.94. The van der Waals surface area contributed by atoms with Crippen LogP contribution in [0.4, 0.5) is 5.69 Å². The first-order valence-electron chi connectivity index (χ1n) is 15.4. The molecule has 0 spiro atoms. The van der Waals surface area contributed by atoms with Crippen LogP contribution < -0.4 is 28.6 Å². The van der Waals surface area contributed by atoms with Gasteiger partial charge in [0.05, 0.1) is 39.0 Å². The lowest BCUT2D eigenvalue weighted by Crippen LogP contribution is -2.53. The Labute approximate surface area is 292 Å². The number of hydrogen-bond donors (Lipinski definition) is 1. The highest BCUT2D eigenvalue weighted by molar-refractivity contribution is 7.92. The van der Waals surface area contributed by atoms with Crippen LogP contribution in [0.5, 0.6) is 23.0 Å². The van der Waals surface area contributed by atoms with Crippen molar-refractivity contribution in [3.8, 4) is 23.0 Å². The minimum atomic E-state index is -4.50. The van der Waals surface area contributed by atoms with E-state index in [9.17, 15) is 18.0 Å². The molecule has 13 heteroatoms.